The second-order valence-electron chi connectivity index (χ2n) is 11.0. The van der Waals surface area contributed by atoms with E-state index in [0.29, 0.717) is 0 Å². The molecule has 2 aliphatic carbocycles. The van der Waals surface area contributed by atoms with E-state index >= 15 is 0 Å². The lowest BCUT2D eigenvalue weighted by atomic mass is 9.70. The first-order valence-corrected chi connectivity index (χ1v) is 13.0. The highest BCUT2D eigenvalue weighted by molar-refractivity contribution is 6.32. The van der Waals surface area contributed by atoms with Crippen LogP contribution in [0.4, 0.5) is 0 Å². The largest absolute Gasteiger partial charge is 0.507 e. The van der Waals surface area contributed by atoms with Crippen LogP contribution in [0.25, 0.3) is 0 Å². The second kappa shape index (κ2) is 9.68. The van der Waals surface area contributed by atoms with Gasteiger partial charge in [-0.3, -0.25) is 9.59 Å². The minimum Gasteiger partial charge on any atom is -0.507 e. The predicted octanol–water partition coefficient (Wildman–Crippen LogP) is 1.35. The van der Waals surface area contributed by atoms with Crippen LogP contribution in [-0.4, -0.2) is 96.4 Å². The van der Waals surface area contributed by atoms with E-state index in [-0.39, 0.29) is 30.9 Å². The van der Waals surface area contributed by atoms with Crippen molar-refractivity contribution in [3.8, 4) is 23.0 Å². The molecule has 0 aromatic heterocycles. The van der Waals surface area contributed by atoms with Crippen LogP contribution in [0, 0.1) is 0 Å². The monoisotopic (exact) mass is 559 g/mol. The Morgan fingerprint density at radius 3 is 1.98 bits per heavy atom. The fourth-order valence-electron chi connectivity index (χ4n) is 6.17. The number of phenolic OH excluding ortho intramolecular Hbond substituents is 4. The molecule has 7 unspecified atom stereocenters. The molecule has 7 N–H and O–H groups in total. The number of nitrogens with zero attached hydrogens (tertiary/aromatic N) is 1. The third-order valence-corrected chi connectivity index (χ3v) is 8.50. The van der Waals surface area contributed by atoms with Crippen molar-refractivity contribution in [3.63, 3.8) is 0 Å². The van der Waals surface area contributed by atoms with Crippen molar-refractivity contribution in [1.82, 2.24) is 4.90 Å². The van der Waals surface area contributed by atoms with Gasteiger partial charge in [-0.2, -0.15) is 0 Å². The maximum Gasteiger partial charge on any atom is 0.202 e. The highest BCUT2D eigenvalue weighted by Gasteiger charge is 2.52. The molecule has 216 valence electrons. The lowest BCUT2D eigenvalue weighted by molar-refractivity contribution is -0.261. The van der Waals surface area contributed by atoms with Crippen molar-refractivity contribution in [1.29, 1.82) is 0 Å². The van der Waals surface area contributed by atoms with Crippen molar-refractivity contribution in [2.75, 3.05) is 14.1 Å². The zero-order valence-corrected chi connectivity index (χ0v) is 22.5. The molecule has 1 aliphatic heterocycles. The van der Waals surface area contributed by atoms with E-state index in [1.165, 1.54) is 0 Å². The van der Waals surface area contributed by atoms with Gasteiger partial charge in [0.25, 0.3) is 0 Å². The smallest absolute Gasteiger partial charge is 0.202 e. The number of benzene rings is 2. The summed E-state index contributed by atoms with van der Waals surface area (Å²) in [5.74, 6) is -4.96. The number of rotatable bonds is 4. The average Bonchev–Trinajstić information content (AvgIpc) is 2.89. The van der Waals surface area contributed by atoms with Crippen LogP contribution in [0.5, 0.6) is 23.0 Å². The number of phenols is 4. The Morgan fingerprint density at radius 2 is 1.48 bits per heavy atom. The molecule has 0 radical (unpaired) electrons. The summed E-state index contributed by atoms with van der Waals surface area (Å²) in [5, 5.41) is 76.7. The van der Waals surface area contributed by atoms with E-state index in [1.54, 1.807) is 27.9 Å². The van der Waals surface area contributed by atoms with Crippen molar-refractivity contribution in [2.24, 2.45) is 0 Å². The van der Waals surface area contributed by atoms with Crippen LogP contribution in [0.15, 0.2) is 12.1 Å². The number of ketones is 2. The number of ether oxygens (including phenoxy) is 2. The third-order valence-electron chi connectivity index (χ3n) is 8.50. The Bertz CT molecular complexity index is 1410. The minimum atomic E-state index is -1.86. The van der Waals surface area contributed by atoms with E-state index in [2.05, 4.69) is 0 Å². The molecule has 5 rings (SSSR count). The fourth-order valence-corrected chi connectivity index (χ4v) is 6.17. The fraction of sp³-hybridized carbons (Fsp3) is 0.500. The van der Waals surface area contributed by atoms with E-state index < -0.39 is 98.7 Å². The Hall–Kier alpha value is -3.26. The molecule has 0 amide bonds. The normalized spacial score (nSPS) is 31.6. The molecule has 3 aliphatic rings. The van der Waals surface area contributed by atoms with Crippen molar-refractivity contribution < 1.29 is 54.8 Å². The molecule has 7 atom stereocenters. The Kier molecular flexibility index (Phi) is 6.85. The number of carbonyl (C=O) groups excluding carboxylic acids is 2. The van der Waals surface area contributed by atoms with E-state index in [9.17, 15) is 45.3 Å². The molecule has 1 heterocycles. The average molecular weight is 560 g/mol. The first-order chi connectivity index (χ1) is 18.7. The zero-order chi connectivity index (χ0) is 29.4. The maximum atomic E-state index is 13.5. The van der Waals surface area contributed by atoms with Gasteiger partial charge in [-0.25, -0.2) is 0 Å². The van der Waals surface area contributed by atoms with Crippen LogP contribution in [0.3, 0.4) is 0 Å². The van der Waals surface area contributed by atoms with Gasteiger partial charge in [0.1, 0.15) is 29.1 Å². The summed E-state index contributed by atoms with van der Waals surface area (Å²) in [6.07, 6.45) is -5.48. The molecular formula is C28H33NO11. The van der Waals surface area contributed by atoms with Gasteiger partial charge >= 0.3 is 0 Å². The number of aliphatic hydroxyl groups is 3. The highest BCUT2D eigenvalue weighted by atomic mass is 16.7. The zero-order valence-electron chi connectivity index (χ0n) is 22.5. The number of aliphatic hydroxyl groups excluding tert-OH is 2. The molecule has 1 saturated heterocycles. The molecule has 40 heavy (non-hydrogen) atoms. The standard InChI is InChI=1S/C28H33NO11/c1-5-28(38)9-14(40-15-8-11(29(3)4)22(32)10(2)39-15)18-21(27(28)37)26(36)20-19(25(18)35)23(33)16-12(30)6-7-13(31)17(16)24(20)34/h6-7,10-11,14-15,22,27,30-32,35-38H,5,8-9H2,1-4H3. The van der Waals surface area contributed by atoms with Crippen molar-refractivity contribution in [2.45, 2.75) is 75.5 Å². The van der Waals surface area contributed by atoms with Gasteiger partial charge in [-0.1, -0.05) is 6.92 Å². The molecule has 12 nitrogen and oxygen atoms in total. The highest BCUT2D eigenvalue weighted by Crippen LogP contribution is 2.56. The molecule has 12 heteroatoms. The maximum absolute atomic E-state index is 13.5. The second-order valence-corrected chi connectivity index (χ2v) is 11.0. The molecule has 1 fully saturated rings. The summed E-state index contributed by atoms with van der Waals surface area (Å²) in [4.78, 5) is 28.8. The van der Waals surface area contributed by atoms with Crippen LogP contribution in [-0.2, 0) is 9.47 Å². The molecule has 0 bridgehead atoms. The van der Waals surface area contributed by atoms with Crippen LogP contribution >= 0.6 is 0 Å². The van der Waals surface area contributed by atoms with E-state index in [1.807, 2.05) is 4.90 Å². The molecule has 0 saturated carbocycles. The molecule has 2 aromatic carbocycles. The van der Waals surface area contributed by atoms with Gasteiger partial charge in [0, 0.05) is 30.0 Å². The van der Waals surface area contributed by atoms with Gasteiger partial charge in [0.2, 0.25) is 11.6 Å². The summed E-state index contributed by atoms with van der Waals surface area (Å²) < 4.78 is 12.1. The summed E-state index contributed by atoms with van der Waals surface area (Å²) in [7, 11) is 3.57. The summed E-state index contributed by atoms with van der Waals surface area (Å²) in [6.45, 7) is 3.27. The molecule has 0 spiro atoms. The quantitative estimate of drug-likeness (QED) is 0.227. The predicted molar refractivity (Wildman–Crippen MR) is 137 cm³/mol. The first kappa shape index (κ1) is 28.3. The van der Waals surface area contributed by atoms with Gasteiger partial charge in [-0.15, -0.1) is 0 Å². The lowest BCUT2D eigenvalue weighted by Gasteiger charge is -2.45. The Labute approximate surface area is 229 Å². The minimum absolute atomic E-state index is 0.00388. The number of fused-ring (bicyclic) bond motifs is 3. The van der Waals surface area contributed by atoms with Crippen LogP contribution in [0.1, 0.15) is 88.3 Å². The molecule has 2 aromatic rings. The number of carbonyl (C=O) groups is 2. The summed E-state index contributed by atoms with van der Waals surface area (Å²) in [6, 6.07) is 1.68. The summed E-state index contributed by atoms with van der Waals surface area (Å²) >= 11 is 0. The lowest BCUT2D eigenvalue weighted by Crippen LogP contribution is -2.54. The molecular weight excluding hydrogens is 526 g/mol. The number of likely N-dealkylation sites (N-methyl/N-ethyl adjacent to an activating group) is 1. The van der Waals surface area contributed by atoms with Gasteiger partial charge in [0.05, 0.1) is 46.2 Å². The van der Waals surface area contributed by atoms with E-state index in [4.69, 9.17) is 9.47 Å². The topological polar surface area (TPSA) is 197 Å². The third kappa shape index (κ3) is 3.98. The Morgan fingerprint density at radius 1 is 0.950 bits per heavy atom. The SMILES string of the molecule is CCC1(O)CC(OC2CC(N(C)C)C(O)C(C)O2)c2c(O)c3c(c(O)c2C1O)C(=O)c1c(O)ccc(O)c1C3=O. The first-order valence-electron chi connectivity index (χ1n) is 13.0. The van der Waals surface area contributed by atoms with Gasteiger partial charge < -0.3 is 50.1 Å². The number of aromatic hydroxyl groups is 4. The van der Waals surface area contributed by atoms with Crippen molar-refractivity contribution in [3.05, 3.63) is 45.5 Å². The van der Waals surface area contributed by atoms with E-state index in [0.717, 1.165) is 12.1 Å². The van der Waals surface area contributed by atoms with Crippen LogP contribution in [0.2, 0.25) is 0 Å². The Balaban J connectivity index is 1.69. The van der Waals surface area contributed by atoms with Crippen molar-refractivity contribution >= 4 is 11.6 Å². The van der Waals surface area contributed by atoms with Gasteiger partial charge in [0.15, 0.2) is 6.29 Å². The van der Waals surface area contributed by atoms with Crippen LogP contribution < -0.4 is 0 Å². The van der Waals surface area contributed by atoms with Gasteiger partial charge in [-0.05, 0) is 39.6 Å². The number of hydrogen-bond acceptors (Lipinski definition) is 12. The summed E-state index contributed by atoms with van der Waals surface area (Å²) in [5.41, 5.74) is -4.88. The number of hydrogen-bond donors (Lipinski definition) is 7.